The van der Waals surface area contributed by atoms with Crippen molar-refractivity contribution < 1.29 is 36.3 Å². The minimum atomic E-state index is -4.44. The zero-order valence-corrected chi connectivity index (χ0v) is 31.3. The fourth-order valence-corrected chi connectivity index (χ4v) is 7.51. The molecule has 8 nitrogen and oxygen atoms in total. The first kappa shape index (κ1) is 39.5. The summed E-state index contributed by atoms with van der Waals surface area (Å²) < 4.78 is 75.3. The highest BCUT2D eigenvalue weighted by Gasteiger charge is 2.33. The highest BCUT2D eigenvalue weighted by molar-refractivity contribution is 7.98. The molecule has 5 aromatic rings. The molecule has 0 aliphatic carbocycles. The topological polar surface area (TPSA) is 91.5 Å². The van der Waals surface area contributed by atoms with Gasteiger partial charge >= 0.3 is 12.3 Å². The average Bonchev–Trinajstić information content (AvgIpc) is 3.15. The molecule has 0 radical (unpaired) electrons. The van der Waals surface area contributed by atoms with Gasteiger partial charge in [0.2, 0.25) is 5.91 Å². The van der Waals surface area contributed by atoms with E-state index in [4.69, 9.17) is 10.1 Å². The lowest BCUT2D eigenvalue weighted by Crippen LogP contribution is -2.50. The third kappa shape index (κ3) is 9.53. The summed E-state index contributed by atoms with van der Waals surface area (Å²) in [4.78, 5) is 35.4. The van der Waals surface area contributed by atoms with Gasteiger partial charge in [0.05, 0.1) is 15.9 Å². The summed E-state index contributed by atoms with van der Waals surface area (Å²) in [7, 11) is 0. The molecule has 1 aliphatic heterocycles. The van der Waals surface area contributed by atoms with Crippen LogP contribution in [0.2, 0.25) is 0 Å². The predicted molar refractivity (Wildman–Crippen MR) is 200 cm³/mol. The number of carbonyl (C=O) groups excluding carboxylic acids is 2. The van der Waals surface area contributed by atoms with Crippen molar-refractivity contribution in [1.82, 2.24) is 19.4 Å². The molecule has 1 fully saturated rings. The number of nitrogens with one attached hydrogen (secondary N) is 1. The van der Waals surface area contributed by atoms with E-state index in [0.29, 0.717) is 53.1 Å². The number of hydrogen-bond acceptors (Lipinski definition) is 6. The molecule has 3 aromatic carbocycles. The summed E-state index contributed by atoms with van der Waals surface area (Å²) in [5.74, 6) is -2.16. The summed E-state index contributed by atoms with van der Waals surface area (Å²) in [6, 6.07) is 20.9. The van der Waals surface area contributed by atoms with Gasteiger partial charge in [-0.3, -0.25) is 4.79 Å². The largest absolute Gasteiger partial charge is 0.444 e. The molecular weight excluding hydrogens is 738 g/mol. The number of rotatable bonds is 9. The summed E-state index contributed by atoms with van der Waals surface area (Å²) in [6.07, 6.45) is -2.35. The number of nitrogens with zero attached hydrogens (tertiary/aromatic N) is 4. The summed E-state index contributed by atoms with van der Waals surface area (Å²) in [6.45, 7) is 6.13. The van der Waals surface area contributed by atoms with Crippen LogP contribution in [-0.2, 0) is 34.6 Å². The number of pyridine rings is 2. The van der Waals surface area contributed by atoms with Gasteiger partial charge in [-0.2, -0.15) is 13.2 Å². The number of amides is 2. The molecule has 3 heterocycles. The Morgan fingerprint density at radius 2 is 1.58 bits per heavy atom. The summed E-state index contributed by atoms with van der Waals surface area (Å²) in [5, 5.41) is 9.81. The Kier molecular flexibility index (Phi) is 11.6. The van der Waals surface area contributed by atoms with E-state index >= 15 is 0 Å². The Morgan fingerprint density at radius 1 is 0.927 bits per heavy atom. The second kappa shape index (κ2) is 16.2. The number of fused-ring (bicyclic) bond motifs is 1. The first-order valence-corrected chi connectivity index (χ1v) is 18.7. The van der Waals surface area contributed by atoms with Gasteiger partial charge in [-0.15, -0.1) is 11.8 Å². The molecule has 0 saturated carbocycles. The highest BCUT2D eigenvalue weighted by Crippen LogP contribution is 2.32. The van der Waals surface area contributed by atoms with Crippen LogP contribution in [0.3, 0.4) is 0 Å². The Balaban J connectivity index is 1.29. The van der Waals surface area contributed by atoms with Crippen LogP contribution in [0.4, 0.5) is 26.7 Å². The van der Waals surface area contributed by atoms with Crippen molar-refractivity contribution in [2.75, 3.05) is 13.1 Å². The number of thioether (sulfide) groups is 1. The van der Waals surface area contributed by atoms with Crippen molar-refractivity contribution >= 4 is 34.8 Å². The van der Waals surface area contributed by atoms with Gasteiger partial charge in [-0.25, -0.2) is 18.6 Å². The zero-order chi connectivity index (χ0) is 39.5. The maximum atomic E-state index is 14.6. The molecule has 288 valence electrons. The third-order valence-corrected chi connectivity index (χ3v) is 10.4. The van der Waals surface area contributed by atoms with Crippen LogP contribution in [0.15, 0.2) is 96.2 Å². The van der Waals surface area contributed by atoms with E-state index in [9.17, 15) is 31.5 Å². The van der Waals surface area contributed by atoms with E-state index < -0.39 is 35.1 Å². The van der Waals surface area contributed by atoms with E-state index in [1.54, 1.807) is 71.7 Å². The number of piperidine rings is 1. The Morgan fingerprint density at radius 3 is 2.22 bits per heavy atom. The summed E-state index contributed by atoms with van der Waals surface area (Å²) >= 11 is 1.16. The monoisotopic (exact) mass is 777 g/mol. The maximum absolute atomic E-state index is 14.6. The number of hydrogen-bond donors (Lipinski definition) is 1. The molecule has 2 amide bonds. The van der Waals surface area contributed by atoms with Crippen LogP contribution in [0.25, 0.3) is 22.2 Å². The van der Waals surface area contributed by atoms with E-state index in [1.165, 1.54) is 24.3 Å². The van der Waals surface area contributed by atoms with E-state index in [2.05, 4.69) is 4.98 Å². The number of benzene rings is 3. The smallest absolute Gasteiger partial charge is 0.416 e. The van der Waals surface area contributed by atoms with Crippen molar-refractivity contribution in [3.63, 3.8) is 0 Å². The molecule has 14 heteroatoms. The molecule has 0 spiro atoms. The number of halogens is 5. The van der Waals surface area contributed by atoms with Gasteiger partial charge in [0.1, 0.15) is 17.8 Å². The van der Waals surface area contributed by atoms with Gasteiger partial charge in [-0.1, -0.05) is 48.5 Å². The van der Waals surface area contributed by atoms with E-state index in [0.717, 1.165) is 35.5 Å². The number of carbonyl (C=O) groups is 2. The van der Waals surface area contributed by atoms with Gasteiger partial charge in [0.15, 0.2) is 11.6 Å². The number of alkyl halides is 3. The van der Waals surface area contributed by atoms with Crippen LogP contribution >= 0.6 is 11.8 Å². The molecule has 0 bridgehead atoms. The van der Waals surface area contributed by atoms with Crippen LogP contribution in [0, 0.1) is 17.0 Å². The molecule has 2 aromatic heterocycles. The van der Waals surface area contributed by atoms with Crippen molar-refractivity contribution in [3.05, 3.63) is 125 Å². The second-order valence-corrected chi connectivity index (χ2v) is 15.3. The fourth-order valence-electron chi connectivity index (χ4n) is 6.47. The Bertz CT molecular complexity index is 2230. The van der Waals surface area contributed by atoms with Crippen molar-refractivity contribution in [3.8, 4) is 11.1 Å². The van der Waals surface area contributed by atoms with Crippen LogP contribution < -0.4 is 5.36 Å². The average molecular weight is 778 g/mol. The fraction of sp³-hybridized carbons (Fsp3) is 0.317. The predicted octanol–water partition coefficient (Wildman–Crippen LogP) is 9.20. The molecular formula is C41H40F5N5O3S. The van der Waals surface area contributed by atoms with Crippen molar-refractivity contribution in [2.24, 2.45) is 0 Å². The van der Waals surface area contributed by atoms with Gasteiger partial charge in [0, 0.05) is 48.6 Å². The second-order valence-electron chi connectivity index (χ2n) is 14.4. The normalized spacial score (nSPS) is 13.9. The van der Waals surface area contributed by atoms with E-state index in [-0.39, 0.29) is 41.7 Å². The van der Waals surface area contributed by atoms with Gasteiger partial charge < -0.3 is 24.5 Å². The van der Waals surface area contributed by atoms with E-state index in [1.807, 2.05) is 12.1 Å². The van der Waals surface area contributed by atoms with Crippen molar-refractivity contribution in [1.29, 1.82) is 5.41 Å². The lowest BCUT2D eigenvalue weighted by Gasteiger charge is -2.39. The standard InChI is InChI=1S/C41H40F5N5O3S/c1-40(2,3)54-39(53)49-20-17-31(18-21-49)50(23-26-9-11-27(12-10-26)28-13-15-30(16-14-28)41(44,45)46)35(52)24-51-36(22-34(47)32-7-5-19-48-38(32)51)55-25-29-6-4-8-33(42)37(29)43/h4-16,19,22,31,47H,17-18,20-21,23-25H2,1-3H3. The third-order valence-electron chi connectivity index (χ3n) is 9.30. The van der Waals surface area contributed by atoms with Crippen LogP contribution in [0.5, 0.6) is 0 Å². The molecule has 1 N–H and O–H groups in total. The number of aromatic nitrogens is 2. The molecule has 0 atom stereocenters. The van der Waals surface area contributed by atoms with Gasteiger partial charge in [0.25, 0.3) is 0 Å². The first-order chi connectivity index (χ1) is 26.1. The maximum Gasteiger partial charge on any atom is 0.416 e. The van der Waals surface area contributed by atoms with Crippen LogP contribution in [0.1, 0.15) is 50.3 Å². The zero-order valence-electron chi connectivity index (χ0n) is 30.5. The number of ether oxygens (including phenoxy) is 1. The quantitative estimate of drug-likeness (QED) is 0.119. The highest BCUT2D eigenvalue weighted by atomic mass is 32.2. The number of likely N-dealkylation sites (tertiary alicyclic amines) is 1. The Labute approximate surface area is 319 Å². The SMILES string of the molecule is CC(C)(C)OC(=O)N1CCC(N(Cc2ccc(-c3ccc(C(F)(F)F)cc3)cc2)C(=O)Cn2c(SCc3cccc(F)c3F)cc(=N)c3cccnc32)CC1. The molecule has 1 saturated heterocycles. The van der Waals surface area contributed by atoms with Crippen molar-refractivity contribution in [2.45, 2.75) is 75.3 Å². The minimum Gasteiger partial charge on any atom is -0.444 e. The van der Waals surface area contributed by atoms with Gasteiger partial charge in [-0.05, 0) is 86.7 Å². The lowest BCUT2D eigenvalue weighted by molar-refractivity contribution is -0.138. The first-order valence-electron chi connectivity index (χ1n) is 17.7. The molecule has 1 aliphatic rings. The summed E-state index contributed by atoms with van der Waals surface area (Å²) in [5.41, 5.74) is 1.21. The molecule has 0 unspecified atom stereocenters. The van der Waals surface area contributed by atoms with Crippen LogP contribution in [-0.4, -0.2) is 56.1 Å². The molecule has 6 rings (SSSR count). The Hall–Kier alpha value is -5.24. The molecule has 55 heavy (non-hydrogen) atoms. The minimum absolute atomic E-state index is 0.0354. The lowest BCUT2D eigenvalue weighted by atomic mass is 10.00.